The number of hydrogen-bond donors (Lipinski definition) is 0. The number of halogens is 1. The molecule has 0 radical (unpaired) electrons. The number of hydrogen-bond acceptors (Lipinski definition) is 2. The van der Waals surface area contributed by atoms with E-state index in [4.69, 9.17) is 5.26 Å². The zero-order chi connectivity index (χ0) is 15.5. The fraction of sp³-hybridized carbons (Fsp3) is 0.222. The molecule has 0 atom stereocenters. The predicted octanol–water partition coefficient (Wildman–Crippen LogP) is 4.13. The van der Waals surface area contributed by atoms with Gasteiger partial charge in [0.25, 0.3) is 5.91 Å². The molecule has 0 heterocycles. The molecule has 1 amide bonds. The maximum Gasteiger partial charge on any atom is 0.254 e. The summed E-state index contributed by atoms with van der Waals surface area (Å²) in [6.45, 7) is 0.597. The monoisotopic (exact) mass is 354 g/mol. The van der Waals surface area contributed by atoms with Gasteiger partial charge >= 0.3 is 0 Å². The van der Waals surface area contributed by atoms with Gasteiger partial charge in [-0.2, -0.15) is 5.26 Å². The van der Waals surface area contributed by atoms with Crippen molar-refractivity contribution < 1.29 is 4.79 Å². The molecule has 1 fully saturated rings. The van der Waals surface area contributed by atoms with Gasteiger partial charge in [0, 0.05) is 22.6 Å². The quantitative estimate of drug-likeness (QED) is 0.828. The first-order valence-corrected chi connectivity index (χ1v) is 8.02. The lowest BCUT2D eigenvalue weighted by atomic mass is 10.1. The van der Waals surface area contributed by atoms with Crippen LogP contribution < -0.4 is 0 Å². The van der Waals surface area contributed by atoms with Crippen LogP contribution in [0.15, 0.2) is 53.0 Å². The summed E-state index contributed by atoms with van der Waals surface area (Å²) in [5.41, 5.74) is 2.20. The predicted molar refractivity (Wildman–Crippen MR) is 88.2 cm³/mol. The molecule has 2 aromatic rings. The minimum absolute atomic E-state index is 0.000393. The highest BCUT2D eigenvalue weighted by Gasteiger charge is 2.33. The van der Waals surface area contributed by atoms with Gasteiger partial charge in [-0.25, -0.2) is 0 Å². The first-order chi connectivity index (χ1) is 10.7. The zero-order valence-electron chi connectivity index (χ0n) is 12.0. The molecule has 1 aliphatic rings. The molecule has 110 valence electrons. The molecule has 0 spiro atoms. The largest absolute Gasteiger partial charge is 0.331 e. The van der Waals surface area contributed by atoms with Gasteiger partial charge < -0.3 is 4.90 Å². The molecule has 3 rings (SSSR count). The summed E-state index contributed by atoms with van der Waals surface area (Å²) in [6, 6.07) is 17.3. The number of nitrogens with zero attached hydrogens (tertiary/aromatic N) is 2. The summed E-state index contributed by atoms with van der Waals surface area (Å²) in [5.74, 6) is -0.000393. The van der Waals surface area contributed by atoms with Crippen LogP contribution in [0, 0.1) is 11.3 Å². The lowest BCUT2D eigenvalue weighted by Gasteiger charge is -2.23. The van der Waals surface area contributed by atoms with Gasteiger partial charge in [0.05, 0.1) is 11.6 Å². The van der Waals surface area contributed by atoms with Crippen molar-refractivity contribution in [2.75, 3.05) is 0 Å². The van der Waals surface area contributed by atoms with Gasteiger partial charge in [0.1, 0.15) is 0 Å². The first-order valence-electron chi connectivity index (χ1n) is 7.23. The third kappa shape index (κ3) is 3.37. The lowest BCUT2D eigenvalue weighted by Crippen LogP contribution is -2.32. The number of amides is 1. The molecule has 0 bridgehead atoms. The molecule has 4 heteroatoms. The molecular weight excluding hydrogens is 340 g/mol. The number of benzene rings is 2. The Morgan fingerprint density at radius 2 is 2.00 bits per heavy atom. The summed E-state index contributed by atoms with van der Waals surface area (Å²) in [5, 5.41) is 8.99. The van der Waals surface area contributed by atoms with Gasteiger partial charge in [-0.3, -0.25) is 4.79 Å². The molecule has 0 unspecified atom stereocenters. The molecule has 1 aliphatic carbocycles. The summed E-state index contributed by atoms with van der Waals surface area (Å²) in [7, 11) is 0. The summed E-state index contributed by atoms with van der Waals surface area (Å²) >= 11 is 3.47. The Kier molecular flexibility index (Phi) is 4.26. The van der Waals surface area contributed by atoms with Crippen LogP contribution in [-0.2, 0) is 6.54 Å². The van der Waals surface area contributed by atoms with Crippen molar-refractivity contribution in [3.63, 3.8) is 0 Å². The number of rotatable bonds is 4. The second kappa shape index (κ2) is 6.33. The van der Waals surface area contributed by atoms with Crippen LogP contribution in [0.2, 0.25) is 0 Å². The van der Waals surface area contributed by atoms with Crippen molar-refractivity contribution in [3.8, 4) is 6.07 Å². The van der Waals surface area contributed by atoms with E-state index in [2.05, 4.69) is 22.0 Å². The Morgan fingerprint density at radius 3 is 2.68 bits per heavy atom. The van der Waals surface area contributed by atoms with Gasteiger partial charge in [0.2, 0.25) is 0 Å². The van der Waals surface area contributed by atoms with Gasteiger partial charge in [-0.15, -0.1) is 0 Å². The third-order valence-corrected chi connectivity index (χ3v) is 4.22. The van der Waals surface area contributed by atoms with Crippen molar-refractivity contribution in [1.29, 1.82) is 5.26 Å². The Labute approximate surface area is 138 Å². The molecule has 2 aromatic carbocycles. The average Bonchev–Trinajstić information content (AvgIpc) is 3.37. The second-order valence-electron chi connectivity index (χ2n) is 5.49. The molecule has 22 heavy (non-hydrogen) atoms. The van der Waals surface area contributed by atoms with Gasteiger partial charge in [0.15, 0.2) is 0 Å². The molecule has 3 nitrogen and oxygen atoms in total. The molecule has 0 saturated heterocycles. The first kappa shape index (κ1) is 14.8. The molecule has 0 aromatic heterocycles. The van der Waals surface area contributed by atoms with Crippen molar-refractivity contribution in [2.24, 2.45) is 0 Å². The maximum absolute atomic E-state index is 12.8. The fourth-order valence-electron chi connectivity index (χ4n) is 2.47. The Bertz CT molecular complexity index is 747. The van der Waals surface area contributed by atoms with E-state index >= 15 is 0 Å². The standard InChI is InChI=1S/C18H15BrN2O/c19-16-6-2-4-14(10-16)12-21(17-7-8-17)18(22)15-5-1-3-13(9-15)11-20/h1-6,9-10,17H,7-8,12H2. The Morgan fingerprint density at radius 1 is 1.23 bits per heavy atom. The smallest absolute Gasteiger partial charge is 0.254 e. The van der Waals surface area contributed by atoms with Crippen LogP contribution in [0.1, 0.15) is 34.3 Å². The lowest BCUT2D eigenvalue weighted by molar-refractivity contribution is 0.0730. The summed E-state index contributed by atoms with van der Waals surface area (Å²) in [6.07, 6.45) is 2.11. The summed E-state index contributed by atoms with van der Waals surface area (Å²) < 4.78 is 1.01. The fourth-order valence-corrected chi connectivity index (χ4v) is 2.92. The van der Waals surface area contributed by atoms with Crippen LogP contribution in [0.25, 0.3) is 0 Å². The third-order valence-electron chi connectivity index (χ3n) is 3.73. The highest BCUT2D eigenvalue weighted by atomic mass is 79.9. The highest BCUT2D eigenvalue weighted by Crippen LogP contribution is 2.30. The second-order valence-corrected chi connectivity index (χ2v) is 6.40. The van der Waals surface area contributed by atoms with E-state index in [1.165, 1.54) is 0 Å². The van der Waals surface area contributed by atoms with Crippen LogP contribution in [0.5, 0.6) is 0 Å². The number of carbonyl (C=O) groups excluding carboxylic acids is 1. The minimum Gasteiger partial charge on any atom is -0.331 e. The number of nitriles is 1. The minimum atomic E-state index is -0.000393. The SMILES string of the molecule is N#Cc1cccc(C(=O)N(Cc2cccc(Br)c2)C2CC2)c1. The van der Waals surface area contributed by atoms with Crippen molar-refractivity contribution in [2.45, 2.75) is 25.4 Å². The normalized spacial score (nSPS) is 13.5. The van der Waals surface area contributed by atoms with Crippen molar-refractivity contribution in [3.05, 3.63) is 69.7 Å². The van der Waals surface area contributed by atoms with E-state index in [9.17, 15) is 4.79 Å². The Hall–Kier alpha value is -2.12. The molecular formula is C18H15BrN2O. The molecule has 0 aliphatic heterocycles. The van der Waals surface area contributed by atoms with Gasteiger partial charge in [-0.05, 0) is 48.7 Å². The van der Waals surface area contributed by atoms with Crippen LogP contribution in [-0.4, -0.2) is 16.8 Å². The van der Waals surface area contributed by atoms with Crippen LogP contribution in [0.4, 0.5) is 0 Å². The Balaban J connectivity index is 1.84. The topological polar surface area (TPSA) is 44.1 Å². The molecule has 0 N–H and O–H groups in total. The van der Waals surface area contributed by atoms with E-state index in [0.29, 0.717) is 23.7 Å². The van der Waals surface area contributed by atoms with E-state index in [1.54, 1.807) is 24.3 Å². The van der Waals surface area contributed by atoms with E-state index in [0.717, 1.165) is 22.9 Å². The maximum atomic E-state index is 12.8. The van der Waals surface area contributed by atoms with E-state index in [1.807, 2.05) is 29.2 Å². The number of carbonyl (C=O) groups is 1. The van der Waals surface area contributed by atoms with Crippen LogP contribution >= 0.6 is 15.9 Å². The van der Waals surface area contributed by atoms with E-state index in [-0.39, 0.29) is 5.91 Å². The molecule has 1 saturated carbocycles. The average molecular weight is 355 g/mol. The zero-order valence-corrected chi connectivity index (χ0v) is 13.6. The summed E-state index contributed by atoms with van der Waals surface area (Å²) in [4.78, 5) is 14.7. The van der Waals surface area contributed by atoms with E-state index < -0.39 is 0 Å². The van der Waals surface area contributed by atoms with Crippen molar-refractivity contribution in [1.82, 2.24) is 4.90 Å². The van der Waals surface area contributed by atoms with Crippen LogP contribution in [0.3, 0.4) is 0 Å². The van der Waals surface area contributed by atoms with Crippen molar-refractivity contribution >= 4 is 21.8 Å². The van der Waals surface area contributed by atoms with Gasteiger partial charge in [-0.1, -0.05) is 34.1 Å². The highest BCUT2D eigenvalue weighted by molar-refractivity contribution is 9.10.